The molecule has 0 aliphatic carbocycles. The predicted molar refractivity (Wildman–Crippen MR) is 115 cm³/mol. The number of methoxy groups -OCH3 is 1. The first-order chi connectivity index (χ1) is 14.6. The molecule has 0 bridgehead atoms. The number of carbonyl (C=O) groups excluding carboxylic acids is 1. The molecule has 1 amide bonds. The van der Waals surface area contributed by atoms with Crippen LogP contribution in [0.1, 0.15) is 16.8 Å². The Morgan fingerprint density at radius 2 is 1.87 bits per heavy atom. The molecule has 7 heteroatoms. The zero-order valence-electron chi connectivity index (χ0n) is 17.1. The minimum absolute atomic E-state index is 0.156. The maximum absolute atomic E-state index is 12.3. The summed E-state index contributed by atoms with van der Waals surface area (Å²) in [7, 11) is 1.56. The number of fused-ring (bicyclic) bond motifs is 1. The Kier molecular flexibility index (Phi) is 5.79. The minimum Gasteiger partial charge on any atom is -0.495 e. The Labute approximate surface area is 175 Å². The molecular formula is C23H24N4O3. The molecule has 0 radical (unpaired) electrons. The Morgan fingerprint density at radius 1 is 1.10 bits per heavy atom. The molecular weight excluding hydrogens is 380 g/mol. The van der Waals surface area contributed by atoms with E-state index in [1.165, 1.54) is 11.1 Å². The molecule has 1 aromatic heterocycles. The number of ether oxygens (including phenoxy) is 2. The lowest BCUT2D eigenvalue weighted by atomic mass is 10.0. The number of hydrogen-bond acceptors (Lipinski definition) is 6. The van der Waals surface area contributed by atoms with E-state index in [1.54, 1.807) is 25.3 Å². The summed E-state index contributed by atoms with van der Waals surface area (Å²) in [5.74, 6) is 1.30. The van der Waals surface area contributed by atoms with Gasteiger partial charge in [-0.1, -0.05) is 36.4 Å². The highest BCUT2D eigenvalue weighted by atomic mass is 16.5. The van der Waals surface area contributed by atoms with Gasteiger partial charge in [0.2, 0.25) is 11.8 Å². The summed E-state index contributed by atoms with van der Waals surface area (Å²) >= 11 is 0. The van der Waals surface area contributed by atoms with Crippen molar-refractivity contribution >= 4 is 17.5 Å². The lowest BCUT2D eigenvalue weighted by Crippen LogP contribution is -2.32. The maximum Gasteiger partial charge on any atom is 0.262 e. The van der Waals surface area contributed by atoms with Crippen LogP contribution in [-0.2, 0) is 17.8 Å². The van der Waals surface area contributed by atoms with E-state index in [0.717, 1.165) is 25.2 Å². The van der Waals surface area contributed by atoms with E-state index in [-0.39, 0.29) is 12.5 Å². The van der Waals surface area contributed by atoms with Crippen molar-refractivity contribution in [2.75, 3.05) is 30.5 Å². The average Bonchev–Trinajstić information content (AvgIpc) is 2.77. The van der Waals surface area contributed by atoms with Crippen LogP contribution in [0.4, 0.5) is 11.6 Å². The van der Waals surface area contributed by atoms with Crippen molar-refractivity contribution in [2.45, 2.75) is 19.9 Å². The van der Waals surface area contributed by atoms with Gasteiger partial charge in [-0.15, -0.1) is 0 Å². The summed E-state index contributed by atoms with van der Waals surface area (Å²) in [6.07, 6.45) is 0.949. The summed E-state index contributed by atoms with van der Waals surface area (Å²) in [5.41, 5.74) is 4.04. The van der Waals surface area contributed by atoms with E-state index in [9.17, 15) is 4.79 Å². The van der Waals surface area contributed by atoms with Gasteiger partial charge in [0.15, 0.2) is 6.61 Å². The van der Waals surface area contributed by atoms with Crippen molar-refractivity contribution in [3.05, 3.63) is 71.4 Å². The largest absolute Gasteiger partial charge is 0.495 e. The molecule has 4 rings (SSSR count). The summed E-state index contributed by atoms with van der Waals surface area (Å²) in [6, 6.07) is 17.4. The van der Waals surface area contributed by atoms with E-state index in [4.69, 9.17) is 9.47 Å². The highest BCUT2D eigenvalue weighted by Gasteiger charge is 2.19. The lowest BCUT2D eigenvalue weighted by molar-refractivity contribution is -0.118. The van der Waals surface area contributed by atoms with E-state index >= 15 is 0 Å². The summed E-state index contributed by atoms with van der Waals surface area (Å²) in [5, 5.41) is 2.79. The number of nitrogens with one attached hydrogen (secondary N) is 1. The van der Waals surface area contributed by atoms with Gasteiger partial charge in [0.1, 0.15) is 5.75 Å². The monoisotopic (exact) mass is 404 g/mol. The molecule has 0 unspecified atom stereocenters. The number of nitrogens with zero attached hydrogens (tertiary/aromatic N) is 3. The van der Waals surface area contributed by atoms with Gasteiger partial charge >= 0.3 is 0 Å². The van der Waals surface area contributed by atoms with Crippen LogP contribution in [-0.4, -0.2) is 36.1 Å². The molecule has 7 nitrogen and oxygen atoms in total. The molecule has 3 aromatic rings. The van der Waals surface area contributed by atoms with E-state index in [1.807, 2.05) is 25.1 Å². The summed E-state index contributed by atoms with van der Waals surface area (Å²) < 4.78 is 10.9. The van der Waals surface area contributed by atoms with E-state index < -0.39 is 0 Å². The smallest absolute Gasteiger partial charge is 0.262 e. The van der Waals surface area contributed by atoms with Gasteiger partial charge in [-0.3, -0.25) is 4.79 Å². The first-order valence-electron chi connectivity index (χ1n) is 9.85. The average molecular weight is 404 g/mol. The van der Waals surface area contributed by atoms with Crippen LogP contribution in [0.15, 0.2) is 54.6 Å². The molecule has 154 valence electrons. The molecule has 0 saturated carbocycles. The van der Waals surface area contributed by atoms with Crippen LogP contribution in [0.5, 0.6) is 11.6 Å². The molecule has 1 aliphatic rings. The Bertz CT molecular complexity index is 1050. The van der Waals surface area contributed by atoms with Crippen LogP contribution in [0, 0.1) is 6.92 Å². The molecule has 0 saturated heterocycles. The van der Waals surface area contributed by atoms with Gasteiger partial charge in [-0.25, -0.2) is 4.98 Å². The minimum atomic E-state index is -0.288. The zero-order valence-corrected chi connectivity index (χ0v) is 17.1. The third-order valence-corrected chi connectivity index (χ3v) is 4.96. The van der Waals surface area contributed by atoms with Crippen molar-refractivity contribution in [2.24, 2.45) is 0 Å². The van der Waals surface area contributed by atoms with Crippen LogP contribution >= 0.6 is 0 Å². The van der Waals surface area contributed by atoms with Gasteiger partial charge in [0, 0.05) is 24.8 Å². The lowest BCUT2D eigenvalue weighted by Gasteiger charge is -2.29. The third-order valence-electron chi connectivity index (χ3n) is 4.96. The number of aryl methyl sites for hydroxylation is 1. The van der Waals surface area contributed by atoms with E-state index in [0.29, 0.717) is 23.3 Å². The first kappa shape index (κ1) is 19.7. The number of hydrogen-bond donors (Lipinski definition) is 1. The van der Waals surface area contributed by atoms with Crippen molar-refractivity contribution in [3.63, 3.8) is 0 Å². The Hall–Kier alpha value is -3.61. The summed E-state index contributed by atoms with van der Waals surface area (Å²) in [6.45, 7) is 3.34. The van der Waals surface area contributed by atoms with Crippen LogP contribution in [0.2, 0.25) is 0 Å². The van der Waals surface area contributed by atoms with Crippen molar-refractivity contribution < 1.29 is 14.3 Å². The fourth-order valence-corrected chi connectivity index (χ4v) is 3.48. The van der Waals surface area contributed by atoms with Crippen LogP contribution < -0.4 is 19.7 Å². The number of anilines is 2. The maximum atomic E-state index is 12.3. The van der Waals surface area contributed by atoms with Crippen LogP contribution in [0.25, 0.3) is 0 Å². The van der Waals surface area contributed by atoms with Crippen molar-refractivity contribution in [1.29, 1.82) is 0 Å². The second-order valence-electron chi connectivity index (χ2n) is 7.12. The van der Waals surface area contributed by atoms with Gasteiger partial charge in [-0.05, 0) is 36.6 Å². The Morgan fingerprint density at radius 3 is 2.70 bits per heavy atom. The molecule has 30 heavy (non-hydrogen) atoms. The molecule has 1 aliphatic heterocycles. The number of amides is 1. The highest BCUT2D eigenvalue weighted by molar-refractivity contribution is 5.93. The van der Waals surface area contributed by atoms with Gasteiger partial charge in [0.25, 0.3) is 5.91 Å². The molecule has 2 heterocycles. The molecule has 2 aromatic carbocycles. The second-order valence-corrected chi connectivity index (χ2v) is 7.12. The SMILES string of the molecule is COc1ccccc1NC(=O)COc1cc(C)nc(N2CCc3ccccc3C2)n1. The molecule has 0 fully saturated rings. The third kappa shape index (κ3) is 4.51. The zero-order chi connectivity index (χ0) is 20.9. The number of benzene rings is 2. The normalized spacial score (nSPS) is 12.8. The van der Waals surface area contributed by atoms with Gasteiger partial charge in [0.05, 0.1) is 12.8 Å². The van der Waals surface area contributed by atoms with Crippen molar-refractivity contribution in [1.82, 2.24) is 9.97 Å². The number of para-hydroxylation sites is 2. The Balaban J connectivity index is 1.42. The number of rotatable bonds is 6. The number of aromatic nitrogens is 2. The van der Waals surface area contributed by atoms with Gasteiger partial charge in [-0.2, -0.15) is 4.98 Å². The fourth-order valence-electron chi connectivity index (χ4n) is 3.48. The summed E-state index contributed by atoms with van der Waals surface area (Å²) in [4.78, 5) is 23.5. The standard InChI is InChI=1S/C23H24N4O3/c1-16-13-22(30-15-21(28)25-19-9-5-6-10-20(19)29-2)26-23(24-16)27-12-11-17-7-3-4-8-18(17)14-27/h3-10,13H,11-12,14-15H2,1-2H3,(H,25,28). The molecule has 0 spiro atoms. The topological polar surface area (TPSA) is 76.6 Å². The first-order valence-corrected chi connectivity index (χ1v) is 9.85. The fraction of sp³-hybridized carbons (Fsp3) is 0.261. The molecule has 1 N–H and O–H groups in total. The van der Waals surface area contributed by atoms with E-state index in [2.05, 4.69) is 38.4 Å². The van der Waals surface area contributed by atoms with Crippen LogP contribution in [0.3, 0.4) is 0 Å². The molecule has 0 atom stereocenters. The van der Waals surface area contributed by atoms with Crippen molar-refractivity contribution in [3.8, 4) is 11.6 Å². The highest BCUT2D eigenvalue weighted by Crippen LogP contribution is 2.25. The second kappa shape index (κ2) is 8.82. The quantitative estimate of drug-likeness (QED) is 0.679. The van der Waals surface area contributed by atoms with Gasteiger partial charge < -0.3 is 19.7 Å². The number of carbonyl (C=O) groups is 1. The predicted octanol–water partition coefficient (Wildman–Crippen LogP) is 3.37.